The third-order valence-corrected chi connectivity index (χ3v) is 3.19. The molecule has 0 unspecified atom stereocenters. The molecule has 1 fully saturated rings. The molecule has 0 saturated carbocycles. The van der Waals surface area contributed by atoms with Crippen LogP contribution < -0.4 is 5.32 Å². The number of ether oxygens (including phenoxy) is 1. The third kappa shape index (κ3) is 3.55. The maximum Gasteiger partial charge on any atom is 0.337 e. The first-order valence-electron chi connectivity index (χ1n) is 6.40. The van der Waals surface area contributed by atoms with E-state index in [1.807, 2.05) is 24.3 Å². The maximum absolute atomic E-state index is 11.3. The van der Waals surface area contributed by atoms with Crippen LogP contribution in [0.15, 0.2) is 24.3 Å². The molecule has 0 radical (unpaired) electrons. The molecule has 1 aromatic carbocycles. The van der Waals surface area contributed by atoms with Gasteiger partial charge in [-0.25, -0.2) is 4.79 Å². The highest BCUT2D eigenvalue weighted by atomic mass is 16.5. The predicted molar refractivity (Wildman–Crippen MR) is 70.3 cm³/mol. The topological polar surface area (TPSA) is 41.6 Å². The molecule has 1 heterocycles. The molecule has 0 aromatic heterocycles. The zero-order chi connectivity index (χ0) is 12.8. The minimum atomic E-state index is -0.280. The summed E-state index contributed by atoms with van der Waals surface area (Å²) in [4.78, 5) is 13.7. The van der Waals surface area contributed by atoms with Crippen molar-refractivity contribution < 1.29 is 9.53 Å². The Balaban J connectivity index is 1.94. The van der Waals surface area contributed by atoms with Crippen LogP contribution in [0.25, 0.3) is 0 Å². The van der Waals surface area contributed by atoms with E-state index in [-0.39, 0.29) is 5.97 Å². The van der Waals surface area contributed by atoms with Crippen LogP contribution in [0.5, 0.6) is 0 Å². The van der Waals surface area contributed by atoms with Crippen LogP contribution in [-0.4, -0.2) is 37.7 Å². The van der Waals surface area contributed by atoms with Crippen molar-refractivity contribution in [2.24, 2.45) is 0 Å². The van der Waals surface area contributed by atoms with Crippen molar-refractivity contribution in [1.82, 2.24) is 10.2 Å². The summed E-state index contributed by atoms with van der Waals surface area (Å²) in [6.07, 6.45) is 2.49. The third-order valence-electron chi connectivity index (χ3n) is 3.19. The van der Waals surface area contributed by atoms with Crippen molar-refractivity contribution in [3.63, 3.8) is 0 Å². The van der Waals surface area contributed by atoms with Gasteiger partial charge in [0.2, 0.25) is 0 Å². The van der Waals surface area contributed by atoms with E-state index < -0.39 is 0 Å². The summed E-state index contributed by atoms with van der Waals surface area (Å²) in [5, 5.41) is 3.41. The van der Waals surface area contributed by atoms with Gasteiger partial charge in [-0.05, 0) is 43.6 Å². The van der Waals surface area contributed by atoms with E-state index in [9.17, 15) is 4.79 Å². The lowest BCUT2D eigenvalue weighted by Crippen LogP contribution is -2.31. The van der Waals surface area contributed by atoms with Crippen molar-refractivity contribution in [3.8, 4) is 0 Å². The summed E-state index contributed by atoms with van der Waals surface area (Å²) in [6.45, 7) is 4.11. The fourth-order valence-corrected chi connectivity index (χ4v) is 2.16. The molecule has 1 saturated heterocycles. The lowest BCUT2D eigenvalue weighted by Gasteiger charge is -2.19. The molecule has 0 amide bonds. The number of methoxy groups -OCH3 is 1. The zero-order valence-corrected chi connectivity index (χ0v) is 10.8. The fraction of sp³-hybridized carbons (Fsp3) is 0.500. The number of carbonyl (C=O) groups is 1. The molecule has 1 aliphatic heterocycles. The molecule has 18 heavy (non-hydrogen) atoms. The quantitative estimate of drug-likeness (QED) is 0.825. The molecule has 2 rings (SSSR count). The minimum absolute atomic E-state index is 0.280. The average Bonchev–Trinajstić information content (AvgIpc) is 2.67. The van der Waals surface area contributed by atoms with Crippen molar-refractivity contribution in [2.45, 2.75) is 19.4 Å². The number of esters is 1. The van der Waals surface area contributed by atoms with Gasteiger partial charge in [-0.15, -0.1) is 0 Å². The van der Waals surface area contributed by atoms with E-state index in [2.05, 4.69) is 15.0 Å². The van der Waals surface area contributed by atoms with E-state index in [4.69, 9.17) is 0 Å². The Bertz CT molecular complexity index is 381. The lowest BCUT2D eigenvalue weighted by molar-refractivity contribution is 0.0600. The first kappa shape index (κ1) is 13.1. The zero-order valence-electron chi connectivity index (χ0n) is 10.8. The molecule has 1 N–H and O–H groups in total. The lowest BCUT2D eigenvalue weighted by atomic mass is 10.1. The summed E-state index contributed by atoms with van der Waals surface area (Å²) in [5.41, 5.74) is 1.83. The van der Waals surface area contributed by atoms with E-state index >= 15 is 0 Å². The van der Waals surface area contributed by atoms with Gasteiger partial charge in [-0.1, -0.05) is 12.1 Å². The molecule has 98 valence electrons. The second-order valence-electron chi connectivity index (χ2n) is 4.61. The monoisotopic (exact) mass is 248 g/mol. The Morgan fingerprint density at radius 2 is 2.11 bits per heavy atom. The molecule has 1 aliphatic rings. The van der Waals surface area contributed by atoms with Crippen LogP contribution >= 0.6 is 0 Å². The van der Waals surface area contributed by atoms with Gasteiger partial charge in [-0.3, -0.25) is 4.90 Å². The first-order valence-corrected chi connectivity index (χ1v) is 6.40. The second kappa shape index (κ2) is 6.52. The number of nitrogens with one attached hydrogen (secondary N) is 1. The second-order valence-corrected chi connectivity index (χ2v) is 4.61. The van der Waals surface area contributed by atoms with Crippen molar-refractivity contribution >= 4 is 5.97 Å². The Labute approximate surface area is 108 Å². The van der Waals surface area contributed by atoms with E-state index in [0.29, 0.717) is 5.56 Å². The molecule has 4 nitrogen and oxygen atoms in total. The van der Waals surface area contributed by atoms with E-state index in [1.165, 1.54) is 25.5 Å². The van der Waals surface area contributed by atoms with Crippen molar-refractivity contribution in [2.75, 3.05) is 26.9 Å². The Kier molecular flexibility index (Phi) is 4.73. The molecule has 0 spiro atoms. The summed E-state index contributed by atoms with van der Waals surface area (Å²) < 4.78 is 4.68. The molecular formula is C14H20N2O2. The van der Waals surface area contributed by atoms with Gasteiger partial charge in [-0.2, -0.15) is 0 Å². The van der Waals surface area contributed by atoms with Crippen LogP contribution in [0.2, 0.25) is 0 Å². The van der Waals surface area contributed by atoms with Gasteiger partial charge in [0.25, 0.3) is 0 Å². The largest absolute Gasteiger partial charge is 0.465 e. The van der Waals surface area contributed by atoms with Gasteiger partial charge in [0, 0.05) is 13.2 Å². The Morgan fingerprint density at radius 1 is 1.33 bits per heavy atom. The minimum Gasteiger partial charge on any atom is -0.465 e. The van der Waals surface area contributed by atoms with Gasteiger partial charge in [0.15, 0.2) is 0 Å². The number of benzene rings is 1. The van der Waals surface area contributed by atoms with Crippen LogP contribution in [0.3, 0.4) is 0 Å². The molecule has 4 heteroatoms. The number of carbonyl (C=O) groups excluding carboxylic acids is 1. The highest BCUT2D eigenvalue weighted by Crippen LogP contribution is 2.10. The first-order chi connectivity index (χ1) is 8.79. The number of hydrogen-bond acceptors (Lipinski definition) is 4. The van der Waals surface area contributed by atoms with E-state index in [0.717, 1.165) is 26.3 Å². The van der Waals surface area contributed by atoms with Gasteiger partial charge in [0.1, 0.15) is 0 Å². The summed E-state index contributed by atoms with van der Waals surface area (Å²) in [7, 11) is 1.40. The van der Waals surface area contributed by atoms with Gasteiger partial charge < -0.3 is 10.1 Å². The van der Waals surface area contributed by atoms with Crippen LogP contribution in [0.4, 0.5) is 0 Å². The highest BCUT2D eigenvalue weighted by Gasteiger charge is 2.09. The molecule has 0 atom stereocenters. The van der Waals surface area contributed by atoms with E-state index in [1.54, 1.807) is 0 Å². The van der Waals surface area contributed by atoms with Gasteiger partial charge in [0.05, 0.1) is 12.7 Å². The number of rotatable bonds is 3. The highest BCUT2D eigenvalue weighted by molar-refractivity contribution is 5.89. The summed E-state index contributed by atoms with van der Waals surface area (Å²) >= 11 is 0. The van der Waals surface area contributed by atoms with Crippen molar-refractivity contribution in [1.29, 1.82) is 0 Å². The van der Waals surface area contributed by atoms with Crippen LogP contribution in [0, 0.1) is 0 Å². The SMILES string of the molecule is COC(=O)c1ccc(CN2CCCCNC2)cc1. The summed E-state index contributed by atoms with van der Waals surface area (Å²) in [5.74, 6) is -0.280. The average molecular weight is 248 g/mol. The van der Waals surface area contributed by atoms with Crippen LogP contribution in [-0.2, 0) is 11.3 Å². The molecule has 1 aromatic rings. The maximum atomic E-state index is 11.3. The normalized spacial score (nSPS) is 17.2. The molecule has 0 bridgehead atoms. The smallest absolute Gasteiger partial charge is 0.337 e. The number of nitrogens with zero attached hydrogens (tertiary/aromatic N) is 1. The van der Waals surface area contributed by atoms with Gasteiger partial charge >= 0.3 is 5.97 Å². The Morgan fingerprint density at radius 3 is 2.83 bits per heavy atom. The Hall–Kier alpha value is -1.39. The number of hydrogen-bond donors (Lipinski definition) is 1. The molecular weight excluding hydrogens is 228 g/mol. The standard InChI is InChI=1S/C14H20N2O2/c1-18-14(17)13-6-4-12(5-7-13)10-16-9-3-2-8-15-11-16/h4-7,15H,2-3,8-11H2,1H3. The fourth-order valence-electron chi connectivity index (χ4n) is 2.16. The summed E-state index contributed by atoms with van der Waals surface area (Å²) in [6, 6.07) is 7.65. The van der Waals surface area contributed by atoms with Crippen LogP contribution in [0.1, 0.15) is 28.8 Å². The predicted octanol–water partition coefficient (Wildman–Crippen LogP) is 1.62. The van der Waals surface area contributed by atoms with Crippen molar-refractivity contribution in [3.05, 3.63) is 35.4 Å². The molecule has 0 aliphatic carbocycles.